The Labute approximate surface area is 94.1 Å². The molecule has 1 aliphatic rings. The van der Waals surface area contributed by atoms with Gasteiger partial charge in [0, 0.05) is 0 Å². The number of hydrogen-bond donors (Lipinski definition) is 0. The summed E-state index contributed by atoms with van der Waals surface area (Å²) in [6.45, 7) is 6.12. The third-order valence-corrected chi connectivity index (χ3v) is 6.16. The first-order valence-corrected chi connectivity index (χ1v) is 7.05. The van der Waals surface area contributed by atoms with Crippen LogP contribution in [0, 0.1) is 0 Å². The van der Waals surface area contributed by atoms with Crippen molar-refractivity contribution >= 4 is 46.7 Å². The SMILES string of the molecule is CC.CC1(C(Cl)Cl)SCCCS1. The van der Waals surface area contributed by atoms with E-state index in [2.05, 4.69) is 6.92 Å². The van der Waals surface area contributed by atoms with Crippen LogP contribution in [-0.2, 0) is 0 Å². The molecule has 0 spiro atoms. The fourth-order valence-corrected chi connectivity index (χ4v) is 4.19. The maximum Gasteiger partial charge on any atom is 0.131 e. The molecule has 0 unspecified atom stereocenters. The van der Waals surface area contributed by atoms with Crippen molar-refractivity contribution in [3.8, 4) is 0 Å². The second-order valence-corrected chi connectivity index (χ2v) is 6.81. The molecule has 0 aromatic carbocycles. The molecule has 0 amide bonds. The lowest BCUT2D eigenvalue weighted by molar-refractivity contribution is 0.945. The molecule has 0 atom stereocenters. The molecule has 0 aromatic rings. The van der Waals surface area contributed by atoms with Gasteiger partial charge in [-0.15, -0.1) is 46.7 Å². The molecule has 0 saturated carbocycles. The zero-order valence-electron chi connectivity index (χ0n) is 7.77. The molecule has 1 fully saturated rings. The lowest BCUT2D eigenvalue weighted by Crippen LogP contribution is -2.28. The Balaban J connectivity index is 0.000000561. The quantitative estimate of drug-likeness (QED) is 0.630. The average Bonchev–Trinajstić information content (AvgIpc) is 2.09. The van der Waals surface area contributed by atoms with E-state index < -0.39 is 0 Å². The normalized spacial score (nSPS) is 21.5. The number of rotatable bonds is 1. The van der Waals surface area contributed by atoms with Crippen LogP contribution in [0.1, 0.15) is 27.2 Å². The van der Waals surface area contributed by atoms with Crippen LogP contribution >= 0.6 is 46.7 Å². The van der Waals surface area contributed by atoms with Crippen LogP contribution in [0.15, 0.2) is 0 Å². The lowest BCUT2D eigenvalue weighted by Gasteiger charge is -2.33. The van der Waals surface area contributed by atoms with Crippen molar-refractivity contribution in [3.05, 3.63) is 0 Å². The van der Waals surface area contributed by atoms with E-state index in [1.165, 1.54) is 17.9 Å². The van der Waals surface area contributed by atoms with Gasteiger partial charge in [-0.1, -0.05) is 13.8 Å². The van der Waals surface area contributed by atoms with Crippen molar-refractivity contribution in [2.45, 2.75) is 36.1 Å². The first kappa shape index (κ1) is 13.3. The van der Waals surface area contributed by atoms with Crippen molar-refractivity contribution in [1.82, 2.24) is 0 Å². The van der Waals surface area contributed by atoms with Gasteiger partial charge in [-0.2, -0.15) is 0 Å². The van der Waals surface area contributed by atoms with Gasteiger partial charge in [-0.3, -0.25) is 0 Å². The summed E-state index contributed by atoms with van der Waals surface area (Å²) in [7, 11) is 0. The third kappa shape index (κ3) is 3.99. The molecule has 1 aliphatic heterocycles. The smallest absolute Gasteiger partial charge is 0.131 e. The molecule has 1 heterocycles. The summed E-state index contributed by atoms with van der Waals surface area (Å²) in [5, 5.41) is 0. The van der Waals surface area contributed by atoms with E-state index in [0.29, 0.717) is 0 Å². The summed E-state index contributed by atoms with van der Waals surface area (Å²) < 4.78 is 0.0430. The zero-order chi connectivity index (χ0) is 9.61. The lowest BCUT2D eigenvalue weighted by atomic mass is 10.5. The zero-order valence-corrected chi connectivity index (χ0v) is 10.9. The monoisotopic (exact) mass is 246 g/mol. The first-order valence-electron chi connectivity index (χ1n) is 4.21. The second kappa shape index (κ2) is 6.69. The Kier molecular flexibility index (Phi) is 7.41. The van der Waals surface area contributed by atoms with Crippen LogP contribution in [0.4, 0.5) is 0 Å². The molecular weight excluding hydrogens is 231 g/mol. The van der Waals surface area contributed by atoms with Crippen molar-refractivity contribution in [1.29, 1.82) is 0 Å². The van der Waals surface area contributed by atoms with Gasteiger partial charge in [0.15, 0.2) is 0 Å². The van der Waals surface area contributed by atoms with Crippen LogP contribution in [0.3, 0.4) is 0 Å². The minimum atomic E-state index is -0.247. The van der Waals surface area contributed by atoms with Gasteiger partial charge in [-0.25, -0.2) is 0 Å². The van der Waals surface area contributed by atoms with Gasteiger partial charge < -0.3 is 0 Å². The Bertz CT molecular complexity index is 112. The Morgan fingerprint density at radius 2 is 1.58 bits per heavy atom. The Morgan fingerprint density at radius 1 is 1.17 bits per heavy atom. The minimum Gasteiger partial charge on any atom is -0.142 e. The summed E-state index contributed by atoms with van der Waals surface area (Å²) in [4.78, 5) is -0.247. The molecule has 0 radical (unpaired) electrons. The highest BCUT2D eigenvalue weighted by atomic mass is 35.5. The molecule has 4 heteroatoms. The van der Waals surface area contributed by atoms with Crippen LogP contribution in [-0.4, -0.2) is 20.4 Å². The minimum absolute atomic E-state index is 0.0430. The molecular formula is C8H16Cl2S2. The van der Waals surface area contributed by atoms with Crippen molar-refractivity contribution < 1.29 is 0 Å². The van der Waals surface area contributed by atoms with Crippen molar-refractivity contribution in [2.24, 2.45) is 0 Å². The van der Waals surface area contributed by atoms with E-state index in [1.807, 2.05) is 37.4 Å². The van der Waals surface area contributed by atoms with Gasteiger partial charge in [0.1, 0.15) is 4.84 Å². The molecule has 0 bridgehead atoms. The van der Waals surface area contributed by atoms with E-state index in [4.69, 9.17) is 23.2 Å². The maximum absolute atomic E-state index is 5.82. The van der Waals surface area contributed by atoms with Gasteiger partial charge in [0.05, 0.1) is 4.08 Å². The van der Waals surface area contributed by atoms with Gasteiger partial charge in [0.2, 0.25) is 0 Å². The molecule has 0 aliphatic carbocycles. The summed E-state index contributed by atoms with van der Waals surface area (Å²) in [6.07, 6.45) is 1.28. The number of thioether (sulfide) groups is 2. The standard InChI is InChI=1S/C6H10Cl2S2.C2H6/c1-6(5(7)8)9-3-2-4-10-6;1-2/h5H,2-4H2,1H3;1-2H3. The third-order valence-electron chi connectivity index (χ3n) is 1.46. The molecule has 0 aromatic heterocycles. The van der Waals surface area contributed by atoms with E-state index in [0.717, 1.165) is 0 Å². The van der Waals surface area contributed by atoms with Crippen LogP contribution in [0.2, 0.25) is 0 Å². The molecule has 74 valence electrons. The predicted molar refractivity (Wildman–Crippen MR) is 64.8 cm³/mol. The van der Waals surface area contributed by atoms with E-state index in [-0.39, 0.29) is 8.92 Å². The van der Waals surface area contributed by atoms with Crippen LogP contribution in [0.25, 0.3) is 0 Å². The average molecular weight is 247 g/mol. The summed E-state index contributed by atoms with van der Waals surface area (Å²) in [6, 6.07) is 0. The maximum atomic E-state index is 5.82. The summed E-state index contributed by atoms with van der Waals surface area (Å²) in [5.74, 6) is 2.39. The molecule has 1 saturated heterocycles. The molecule has 12 heavy (non-hydrogen) atoms. The topological polar surface area (TPSA) is 0 Å². The molecule has 1 rings (SSSR count). The fourth-order valence-electron chi connectivity index (χ4n) is 0.776. The largest absolute Gasteiger partial charge is 0.142 e. The fraction of sp³-hybridized carbons (Fsp3) is 1.00. The van der Waals surface area contributed by atoms with Crippen molar-refractivity contribution in [2.75, 3.05) is 11.5 Å². The molecule has 0 nitrogen and oxygen atoms in total. The highest BCUT2D eigenvalue weighted by Crippen LogP contribution is 2.47. The van der Waals surface area contributed by atoms with E-state index >= 15 is 0 Å². The predicted octanol–water partition coefficient (Wildman–Crippen LogP) is 4.40. The van der Waals surface area contributed by atoms with E-state index in [9.17, 15) is 0 Å². The number of alkyl halides is 2. The second-order valence-electron chi connectivity index (χ2n) is 2.37. The highest BCUT2D eigenvalue weighted by Gasteiger charge is 2.34. The number of halogens is 2. The summed E-state index contributed by atoms with van der Waals surface area (Å²) in [5.41, 5.74) is 0. The highest BCUT2D eigenvalue weighted by molar-refractivity contribution is 8.19. The number of hydrogen-bond acceptors (Lipinski definition) is 2. The van der Waals surface area contributed by atoms with Crippen molar-refractivity contribution in [3.63, 3.8) is 0 Å². The van der Waals surface area contributed by atoms with Gasteiger partial charge in [-0.05, 0) is 24.9 Å². The van der Waals surface area contributed by atoms with Gasteiger partial charge >= 0.3 is 0 Å². The Morgan fingerprint density at radius 3 is 1.83 bits per heavy atom. The first-order chi connectivity index (χ1) is 5.65. The van der Waals surface area contributed by atoms with Gasteiger partial charge in [0.25, 0.3) is 0 Å². The Hall–Kier alpha value is 1.28. The van der Waals surface area contributed by atoms with Crippen LogP contribution in [0.5, 0.6) is 0 Å². The summed E-state index contributed by atoms with van der Waals surface area (Å²) >= 11 is 15.4. The van der Waals surface area contributed by atoms with Crippen LogP contribution < -0.4 is 0 Å². The van der Waals surface area contributed by atoms with E-state index in [1.54, 1.807) is 0 Å². The molecule has 0 N–H and O–H groups in total.